The lowest BCUT2D eigenvalue weighted by molar-refractivity contribution is 0.0670. The Morgan fingerprint density at radius 3 is 2.16 bits per heavy atom. The van der Waals surface area contributed by atoms with Crippen molar-refractivity contribution < 1.29 is 14.0 Å². The minimum Gasteiger partial charge on any atom is -0.335 e. The van der Waals surface area contributed by atoms with Crippen LogP contribution in [0.15, 0.2) is 48.5 Å². The first-order valence-corrected chi connectivity index (χ1v) is 8.98. The molecule has 2 aromatic rings. The summed E-state index contributed by atoms with van der Waals surface area (Å²) in [6.07, 6.45) is 0. The lowest BCUT2D eigenvalue weighted by Gasteiger charge is -2.34. The zero-order valence-electron chi connectivity index (χ0n) is 13.4. The zero-order valence-corrected chi connectivity index (χ0v) is 15.6. The molecule has 1 aliphatic heterocycles. The van der Waals surface area contributed by atoms with E-state index in [9.17, 15) is 14.0 Å². The van der Waals surface area contributed by atoms with Crippen LogP contribution in [-0.4, -0.2) is 47.9 Å². The van der Waals surface area contributed by atoms with Crippen molar-refractivity contribution in [2.24, 2.45) is 0 Å². The number of anilines is 1. The highest BCUT2D eigenvalue weighted by Gasteiger charge is 2.25. The molecule has 7 heteroatoms. The second-order valence-electron chi connectivity index (χ2n) is 5.70. The number of nitrogens with one attached hydrogen (secondary N) is 1. The molecule has 3 rings (SSSR count). The number of amides is 3. The summed E-state index contributed by atoms with van der Waals surface area (Å²) in [6.45, 7) is 1.89. The van der Waals surface area contributed by atoms with Crippen LogP contribution in [-0.2, 0) is 0 Å². The number of hydrogen-bond acceptors (Lipinski definition) is 2. The molecule has 0 spiro atoms. The molecule has 1 fully saturated rings. The standard InChI is InChI=1S/C18H17FIN3O2/c19-13-5-7-14(8-6-13)21-18(25)23-11-9-22(10-12-23)17(24)15-3-1-2-4-16(15)20/h1-8H,9-12H2,(H,21,25). The smallest absolute Gasteiger partial charge is 0.321 e. The van der Waals surface area contributed by atoms with Gasteiger partial charge in [0.05, 0.1) is 5.56 Å². The van der Waals surface area contributed by atoms with E-state index < -0.39 is 0 Å². The van der Waals surface area contributed by atoms with Gasteiger partial charge in [0.15, 0.2) is 0 Å². The molecule has 130 valence electrons. The molecule has 0 radical (unpaired) electrons. The van der Waals surface area contributed by atoms with Crippen molar-refractivity contribution in [2.45, 2.75) is 0 Å². The number of carbonyl (C=O) groups is 2. The van der Waals surface area contributed by atoms with Gasteiger partial charge < -0.3 is 15.1 Å². The van der Waals surface area contributed by atoms with Crippen molar-refractivity contribution >= 4 is 40.2 Å². The molecule has 0 aromatic heterocycles. The summed E-state index contributed by atoms with van der Waals surface area (Å²) in [5.41, 5.74) is 1.23. The molecule has 1 heterocycles. The summed E-state index contributed by atoms with van der Waals surface area (Å²) >= 11 is 2.15. The molecule has 5 nitrogen and oxygen atoms in total. The van der Waals surface area contributed by atoms with Crippen LogP contribution in [0.2, 0.25) is 0 Å². The van der Waals surface area contributed by atoms with E-state index in [2.05, 4.69) is 27.9 Å². The van der Waals surface area contributed by atoms with Gasteiger partial charge in [-0.3, -0.25) is 4.79 Å². The lowest BCUT2D eigenvalue weighted by atomic mass is 10.2. The number of halogens is 2. The SMILES string of the molecule is O=C(Nc1ccc(F)cc1)N1CCN(C(=O)c2ccccc2I)CC1. The summed E-state index contributed by atoms with van der Waals surface area (Å²) in [7, 11) is 0. The molecule has 2 aromatic carbocycles. The topological polar surface area (TPSA) is 52.7 Å². The second kappa shape index (κ2) is 7.81. The molecule has 1 saturated heterocycles. The van der Waals surface area contributed by atoms with Crippen LogP contribution in [0.1, 0.15) is 10.4 Å². The van der Waals surface area contributed by atoms with Crippen molar-refractivity contribution in [3.05, 3.63) is 63.5 Å². The molecule has 3 amide bonds. The minimum absolute atomic E-state index is 0.0106. The number of rotatable bonds is 2. The summed E-state index contributed by atoms with van der Waals surface area (Å²) in [4.78, 5) is 28.3. The van der Waals surface area contributed by atoms with Crippen LogP contribution in [0.25, 0.3) is 0 Å². The number of carbonyl (C=O) groups excluding carboxylic acids is 2. The van der Waals surface area contributed by atoms with E-state index in [0.717, 1.165) is 3.57 Å². The van der Waals surface area contributed by atoms with Crippen LogP contribution in [0.3, 0.4) is 0 Å². The Morgan fingerprint density at radius 1 is 0.920 bits per heavy atom. The molecular weight excluding hydrogens is 436 g/mol. The van der Waals surface area contributed by atoms with Crippen molar-refractivity contribution in [3.63, 3.8) is 0 Å². The van der Waals surface area contributed by atoms with Gasteiger partial charge in [0.2, 0.25) is 0 Å². The van der Waals surface area contributed by atoms with Crippen molar-refractivity contribution in [1.82, 2.24) is 9.80 Å². The lowest BCUT2D eigenvalue weighted by Crippen LogP contribution is -2.51. The van der Waals surface area contributed by atoms with Gasteiger partial charge in [-0.25, -0.2) is 9.18 Å². The maximum absolute atomic E-state index is 12.9. The second-order valence-corrected chi connectivity index (χ2v) is 6.86. The molecule has 1 aliphatic rings. The number of benzene rings is 2. The fraction of sp³-hybridized carbons (Fsp3) is 0.222. The highest BCUT2D eigenvalue weighted by atomic mass is 127. The van der Waals surface area contributed by atoms with Crippen LogP contribution < -0.4 is 5.32 Å². The van der Waals surface area contributed by atoms with E-state index in [0.29, 0.717) is 37.4 Å². The molecule has 0 bridgehead atoms. The highest BCUT2D eigenvalue weighted by Crippen LogP contribution is 2.16. The Labute approximate surface area is 158 Å². The van der Waals surface area contributed by atoms with Gasteiger partial charge in [0, 0.05) is 35.4 Å². The van der Waals surface area contributed by atoms with Gasteiger partial charge in [-0.2, -0.15) is 0 Å². The van der Waals surface area contributed by atoms with Crippen LogP contribution in [0.4, 0.5) is 14.9 Å². The molecule has 1 N–H and O–H groups in total. The van der Waals surface area contributed by atoms with Crippen LogP contribution in [0, 0.1) is 9.39 Å². The molecule has 0 atom stereocenters. The van der Waals surface area contributed by atoms with Crippen LogP contribution >= 0.6 is 22.6 Å². The van der Waals surface area contributed by atoms with Crippen molar-refractivity contribution in [2.75, 3.05) is 31.5 Å². The maximum atomic E-state index is 12.9. The first-order valence-electron chi connectivity index (χ1n) is 7.90. The first-order chi connectivity index (χ1) is 12.0. The third-order valence-corrected chi connectivity index (χ3v) is 4.99. The molecular formula is C18H17FIN3O2. The average molecular weight is 453 g/mol. The Balaban J connectivity index is 1.56. The Hall–Kier alpha value is -2.16. The number of piperazine rings is 1. The summed E-state index contributed by atoms with van der Waals surface area (Å²) < 4.78 is 13.8. The van der Waals surface area contributed by atoms with E-state index >= 15 is 0 Å². The minimum atomic E-state index is -0.347. The van der Waals surface area contributed by atoms with Gasteiger partial charge in [0.1, 0.15) is 5.82 Å². The van der Waals surface area contributed by atoms with E-state index in [-0.39, 0.29) is 17.8 Å². The first kappa shape index (κ1) is 17.7. The van der Waals surface area contributed by atoms with Gasteiger partial charge in [-0.1, -0.05) is 12.1 Å². The van der Waals surface area contributed by atoms with Gasteiger partial charge >= 0.3 is 6.03 Å². The van der Waals surface area contributed by atoms with Gasteiger partial charge in [0.25, 0.3) is 5.91 Å². The van der Waals surface area contributed by atoms with Crippen molar-refractivity contribution in [1.29, 1.82) is 0 Å². The predicted octanol–water partition coefficient (Wildman–Crippen LogP) is 3.42. The number of nitrogens with zero attached hydrogens (tertiary/aromatic N) is 2. The van der Waals surface area contributed by atoms with E-state index in [4.69, 9.17) is 0 Å². The zero-order chi connectivity index (χ0) is 17.8. The van der Waals surface area contributed by atoms with E-state index in [1.807, 2.05) is 24.3 Å². The number of hydrogen-bond donors (Lipinski definition) is 1. The average Bonchev–Trinajstić information content (AvgIpc) is 2.63. The van der Waals surface area contributed by atoms with Crippen LogP contribution in [0.5, 0.6) is 0 Å². The maximum Gasteiger partial charge on any atom is 0.321 e. The fourth-order valence-corrected chi connectivity index (χ4v) is 3.27. The summed E-state index contributed by atoms with van der Waals surface area (Å²) in [5.74, 6) is -0.357. The Bertz CT molecular complexity index is 774. The Kier molecular flexibility index (Phi) is 5.52. The van der Waals surface area contributed by atoms with Gasteiger partial charge in [-0.05, 0) is 59.0 Å². The fourth-order valence-electron chi connectivity index (χ4n) is 2.65. The van der Waals surface area contributed by atoms with E-state index in [1.165, 1.54) is 24.3 Å². The quantitative estimate of drug-likeness (QED) is 0.709. The predicted molar refractivity (Wildman–Crippen MR) is 102 cm³/mol. The third kappa shape index (κ3) is 4.28. The normalized spacial score (nSPS) is 14.3. The monoisotopic (exact) mass is 453 g/mol. The van der Waals surface area contributed by atoms with E-state index in [1.54, 1.807) is 9.80 Å². The molecule has 0 aliphatic carbocycles. The summed E-state index contributed by atoms with van der Waals surface area (Å²) in [5, 5.41) is 2.74. The molecule has 0 saturated carbocycles. The highest BCUT2D eigenvalue weighted by molar-refractivity contribution is 14.1. The molecule has 25 heavy (non-hydrogen) atoms. The largest absolute Gasteiger partial charge is 0.335 e. The summed E-state index contributed by atoms with van der Waals surface area (Å²) in [6, 6.07) is 12.9. The third-order valence-electron chi connectivity index (χ3n) is 4.05. The Morgan fingerprint density at radius 2 is 1.52 bits per heavy atom. The van der Waals surface area contributed by atoms with Gasteiger partial charge in [-0.15, -0.1) is 0 Å². The molecule has 0 unspecified atom stereocenters. The number of urea groups is 1. The van der Waals surface area contributed by atoms with Crippen molar-refractivity contribution in [3.8, 4) is 0 Å².